The topological polar surface area (TPSA) is 85.6 Å². The zero-order valence-corrected chi connectivity index (χ0v) is 11.3. The monoisotopic (exact) mass is 277 g/mol. The zero-order chi connectivity index (χ0) is 13.9. The van der Waals surface area contributed by atoms with E-state index in [0.29, 0.717) is 36.1 Å². The van der Waals surface area contributed by atoms with Gasteiger partial charge in [0, 0.05) is 18.2 Å². The highest BCUT2D eigenvalue weighted by molar-refractivity contribution is 5.93. The van der Waals surface area contributed by atoms with E-state index in [-0.39, 0.29) is 12.1 Å². The Kier molecular flexibility index (Phi) is 3.54. The number of hydrogen-bond acceptors (Lipinski definition) is 4. The minimum absolute atomic E-state index is 0.222. The summed E-state index contributed by atoms with van der Waals surface area (Å²) in [7, 11) is 0. The van der Waals surface area contributed by atoms with Gasteiger partial charge in [0.25, 0.3) is 0 Å². The number of amides is 2. The molecule has 1 aromatic rings. The van der Waals surface area contributed by atoms with Crippen molar-refractivity contribution in [2.75, 3.05) is 24.3 Å². The number of ether oxygens (including phenoxy) is 2. The summed E-state index contributed by atoms with van der Waals surface area (Å²) in [6.07, 6.45) is 4.45. The third-order valence-corrected chi connectivity index (χ3v) is 3.65. The maximum atomic E-state index is 11.9. The summed E-state index contributed by atoms with van der Waals surface area (Å²) < 4.78 is 10.9. The van der Waals surface area contributed by atoms with Crippen LogP contribution in [0.1, 0.15) is 25.7 Å². The molecule has 2 aliphatic rings. The third-order valence-electron chi connectivity index (χ3n) is 3.65. The van der Waals surface area contributed by atoms with Crippen molar-refractivity contribution in [3.63, 3.8) is 0 Å². The fourth-order valence-electron chi connectivity index (χ4n) is 2.63. The van der Waals surface area contributed by atoms with Gasteiger partial charge in [-0.1, -0.05) is 12.8 Å². The zero-order valence-electron chi connectivity index (χ0n) is 11.3. The van der Waals surface area contributed by atoms with Gasteiger partial charge in [0.1, 0.15) is 13.2 Å². The Bertz CT molecular complexity index is 513. The average molecular weight is 277 g/mol. The van der Waals surface area contributed by atoms with Crippen LogP contribution in [-0.2, 0) is 0 Å². The van der Waals surface area contributed by atoms with Crippen LogP contribution in [-0.4, -0.2) is 25.3 Å². The molecule has 0 aromatic heterocycles. The van der Waals surface area contributed by atoms with Gasteiger partial charge in [-0.3, -0.25) is 0 Å². The Hall–Kier alpha value is -2.11. The van der Waals surface area contributed by atoms with Crippen molar-refractivity contribution in [3.8, 4) is 11.5 Å². The first-order chi connectivity index (χ1) is 9.72. The predicted molar refractivity (Wildman–Crippen MR) is 76.3 cm³/mol. The number of carbonyl (C=O) groups is 1. The maximum Gasteiger partial charge on any atom is 0.319 e. The quantitative estimate of drug-likeness (QED) is 0.723. The summed E-state index contributed by atoms with van der Waals surface area (Å²) in [6, 6.07) is 3.44. The summed E-state index contributed by atoms with van der Waals surface area (Å²) in [4.78, 5) is 11.9. The lowest BCUT2D eigenvalue weighted by Gasteiger charge is -2.20. The molecule has 3 rings (SSSR count). The van der Waals surface area contributed by atoms with E-state index in [1.807, 2.05) is 0 Å². The van der Waals surface area contributed by atoms with Gasteiger partial charge in [-0.25, -0.2) is 4.79 Å². The second-order valence-electron chi connectivity index (χ2n) is 5.16. The molecule has 6 heteroatoms. The van der Waals surface area contributed by atoms with Crippen molar-refractivity contribution in [2.24, 2.45) is 0 Å². The SMILES string of the molecule is Nc1cc2c(cc1NC(=O)NC1CCCC1)OCCO2. The first-order valence-corrected chi connectivity index (χ1v) is 6.99. The third kappa shape index (κ3) is 2.74. The van der Waals surface area contributed by atoms with Crippen molar-refractivity contribution < 1.29 is 14.3 Å². The van der Waals surface area contributed by atoms with Crippen LogP contribution in [0.5, 0.6) is 11.5 Å². The number of nitrogens with one attached hydrogen (secondary N) is 2. The Balaban J connectivity index is 1.68. The van der Waals surface area contributed by atoms with E-state index in [4.69, 9.17) is 15.2 Å². The number of carbonyl (C=O) groups excluding carboxylic acids is 1. The highest BCUT2D eigenvalue weighted by Crippen LogP contribution is 2.36. The Morgan fingerprint density at radius 3 is 2.50 bits per heavy atom. The fourth-order valence-corrected chi connectivity index (χ4v) is 2.63. The number of hydrogen-bond donors (Lipinski definition) is 3. The highest BCUT2D eigenvalue weighted by Gasteiger charge is 2.19. The maximum absolute atomic E-state index is 11.9. The van der Waals surface area contributed by atoms with Gasteiger partial charge in [0.15, 0.2) is 11.5 Å². The summed E-state index contributed by atoms with van der Waals surface area (Å²) in [6.45, 7) is 1.02. The second-order valence-corrected chi connectivity index (χ2v) is 5.16. The molecule has 4 N–H and O–H groups in total. The lowest BCUT2D eigenvalue weighted by molar-refractivity contribution is 0.172. The molecule has 1 aromatic carbocycles. The first kappa shape index (κ1) is 12.9. The largest absolute Gasteiger partial charge is 0.486 e. The van der Waals surface area contributed by atoms with Crippen LogP contribution in [0.3, 0.4) is 0 Å². The van der Waals surface area contributed by atoms with Crippen molar-refractivity contribution in [2.45, 2.75) is 31.7 Å². The molecule has 108 valence electrons. The van der Waals surface area contributed by atoms with Crippen LogP contribution >= 0.6 is 0 Å². The standard InChI is InChI=1S/C14H19N3O3/c15-10-7-12-13(20-6-5-19-12)8-11(10)17-14(18)16-9-3-1-2-4-9/h7-9H,1-6,15H2,(H2,16,17,18). The highest BCUT2D eigenvalue weighted by atomic mass is 16.6. The van der Waals surface area contributed by atoms with E-state index in [2.05, 4.69) is 10.6 Å². The van der Waals surface area contributed by atoms with E-state index in [1.165, 1.54) is 12.8 Å². The van der Waals surface area contributed by atoms with E-state index in [1.54, 1.807) is 12.1 Å². The molecule has 6 nitrogen and oxygen atoms in total. The number of nitrogen functional groups attached to an aromatic ring is 1. The van der Waals surface area contributed by atoms with Crippen LogP contribution in [0.15, 0.2) is 12.1 Å². The molecule has 1 aliphatic heterocycles. The van der Waals surface area contributed by atoms with Crippen molar-refractivity contribution >= 4 is 17.4 Å². The molecular formula is C14H19N3O3. The molecule has 0 atom stereocenters. The summed E-state index contributed by atoms with van der Waals surface area (Å²) in [5.41, 5.74) is 6.94. The Morgan fingerprint density at radius 2 is 1.80 bits per heavy atom. The Labute approximate surface area is 117 Å². The predicted octanol–water partition coefficient (Wildman–Crippen LogP) is 2.10. The van der Waals surface area contributed by atoms with Gasteiger partial charge in [-0.05, 0) is 12.8 Å². The first-order valence-electron chi connectivity index (χ1n) is 6.99. The van der Waals surface area contributed by atoms with Crippen LogP contribution in [0.25, 0.3) is 0 Å². The van der Waals surface area contributed by atoms with E-state index < -0.39 is 0 Å². The van der Waals surface area contributed by atoms with Gasteiger partial charge in [0.2, 0.25) is 0 Å². The van der Waals surface area contributed by atoms with Crippen LogP contribution in [0.4, 0.5) is 16.2 Å². The van der Waals surface area contributed by atoms with Gasteiger partial charge in [-0.2, -0.15) is 0 Å². The number of anilines is 2. The van der Waals surface area contributed by atoms with Crippen molar-refractivity contribution in [1.82, 2.24) is 5.32 Å². The molecule has 0 spiro atoms. The van der Waals surface area contributed by atoms with Crippen molar-refractivity contribution in [1.29, 1.82) is 0 Å². The Morgan fingerprint density at radius 1 is 1.15 bits per heavy atom. The van der Waals surface area contributed by atoms with Crippen molar-refractivity contribution in [3.05, 3.63) is 12.1 Å². The number of benzene rings is 1. The van der Waals surface area contributed by atoms with E-state index >= 15 is 0 Å². The second kappa shape index (κ2) is 5.48. The number of nitrogens with two attached hydrogens (primary N) is 1. The molecule has 1 aliphatic carbocycles. The van der Waals surface area contributed by atoms with Crippen LogP contribution < -0.4 is 25.8 Å². The normalized spacial score (nSPS) is 17.8. The molecule has 1 heterocycles. The van der Waals surface area contributed by atoms with Gasteiger partial charge in [-0.15, -0.1) is 0 Å². The fraction of sp³-hybridized carbons (Fsp3) is 0.500. The minimum Gasteiger partial charge on any atom is -0.486 e. The molecule has 0 saturated heterocycles. The van der Waals surface area contributed by atoms with Crippen LogP contribution in [0.2, 0.25) is 0 Å². The number of urea groups is 1. The summed E-state index contributed by atoms with van der Waals surface area (Å²) in [5, 5.41) is 5.73. The smallest absolute Gasteiger partial charge is 0.319 e. The molecule has 0 radical (unpaired) electrons. The molecular weight excluding hydrogens is 258 g/mol. The lowest BCUT2D eigenvalue weighted by Crippen LogP contribution is -2.36. The van der Waals surface area contributed by atoms with E-state index in [9.17, 15) is 4.79 Å². The molecule has 1 saturated carbocycles. The molecule has 0 unspecified atom stereocenters. The van der Waals surface area contributed by atoms with Gasteiger partial charge in [0.05, 0.1) is 11.4 Å². The minimum atomic E-state index is -0.222. The molecule has 2 amide bonds. The number of fused-ring (bicyclic) bond motifs is 1. The molecule has 20 heavy (non-hydrogen) atoms. The lowest BCUT2D eigenvalue weighted by atomic mass is 10.2. The van der Waals surface area contributed by atoms with E-state index in [0.717, 1.165) is 12.8 Å². The number of rotatable bonds is 2. The molecule has 1 fully saturated rings. The van der Waals surface area contributed by atoms with Gasteiger partial charge >= 0.3 is 6.03 Å². The summed E-state index contributed by atoms with van der Waals surface area (Å²) in [5.74, 6) is 1.23. The average Bonchev–Trinajstić information content (AvgIpc) is 2.92. The van der Waals surface area contributed by atoms with Gasteiger partial charge < -0.3 is 25.8 Å². The van der Waals surface area contributed by atoms with Crippen LogP contribution in [0, 0.1) is 0 Å². The molecule has 0 bridgehead atoms. The summed E-state index contributed by atoms with van der Waals surface area (Å²) >= 11 is 0.